The van der Waals surface area contributed by atoms with Crippen LogP contribution in [0, 0.1) is 0 Å². The molecule has 7 nitrogen and oxygen atoms in total. The smallest absolute Gasteiger partial charge is 0.307 e. The fourth-order valence-electron chi connectivity index (χ4n) is 2.15. The summed E-state index contributed by atoms with van der Waals surface area (Å²) in [5.74, 6) is -0.310. The van der Waals surface area contributed by atoms with Gasteiger partial charge in [0.1, 0.15) is 11.3 Å². The summed E-state index contributed by atoms with van der Waals surface area (Å²) in [5, 5.41) is 4.72. The molecule has 0 aliphatic rings. The first-order chi connectivity index (χ1) is 12.5. The van der Waals surface area contributed by atoms with Crippen molar-refractivity contribution in [3.8, 4) is 5.75 Å². The molecule has 0 radical (unpaired) electrons. The predicted molar refractivity (Wildman–Crippen MR) is 100 cm³/mol. The lowest BCUT2D eigenvalue weighted by Gasteiger charge is -2.03. The third-order valence-corrected chi connectivity index (χ3v) is 3.84. The zero-order valence-corrected chi connectivity index (χ0v) is 15.0. The molecule has 3 rings (SSSR count). The molecule has 2 aromatic carbocycles. The molecule has 132 valence electrons. The van der Waals surface area contributed by atoms with Crippen molar-refractivity contribution in [2.75, 3.05) is 6.61 Å². The van der Waals surface area contributed by atoms with Gasteiger partial charge < -0.3 is 14.9 Å². The minimum absolute atomic E-state index is 0.172. The molecular weight excluding hydrogens is 402 g/mol. The van der Waals surface area contributed by atoms with E-state index in [2.05, 4.69) is 26.5 Å². The van der Waals surface area contributed by atoms with Gasteiger partial charge >= 0.3 is 5.91 Å². The highest BCUT2D eigenvalue weighted by atomic mass is 79.9. The third-order valence-electron chi connectivity index (χ3n) is 3.34. The molecular formula is C18H14BrN3O4. The van der Waals surface area contributed by atoms with Crippen molar-refractivity contribution < 1.29 is 18.7 Å². The van der Waals surface area contributed by atoms with E-state index in [1.807, 2.05) is 12.1 Å². The van der Waals surface area contributed by atoms with Gasteiger partial charge in [-0.3, -0.25) is 9.59 Å². The first-order valence-corrected chi connectivity index (χ1v) is 8.34. The molecule has 0 atom stereocenters. The van der Waals surface area contributed by atoms with Crippen molar-refractivity contribution in [3.05, 3.63) is 64.3 Å². The summed E-state index contributed by atoms with van der Waals surface area (Å²) in [6, 6.07) is 13.9. The molecule has 0 unspecified atom stereocenters. The van der Waals surface area contributed by atoms with Crippen LogP contribution in [-0.2, 0) is 4.79 Å². The molecule has 0 bridgehead atoms. The van der Waals surface area contributed by atoms with E-state index in [0.717, 1.165) is 15.4 Å². The van der Waals surface area contributed by atoms with Crippen LogP contribution in [0.2, 0.25) is 0 Å². The van der Waals surface area contributed by atoms with Gasteiger partial charge in [-0.15, -0.1) is 0 Å². The number of fused-ring (bicyclic) bond motifs is 1. The summed E-state index contributed by atoms with van der Waals surface area (Å²) in [4.78, 5) is 22.8. The number of carbonyl (C=O) groups excluding carboxylic acids is 2. The highest BCUT2D eigenvalue weighted by molar-refractivity contribution is 9.10. The zero-order chi connectivity index (χ0) is 18.5. The first kappa shape index (κ1) is 17.7. The average Bonchev–Trinajstić information content (AvgIpc) is 3.04. The third kappa shape index (κ3) is 4.48. The molecule has 0 saturated heterocycles. The highest BCUT2D eigenvalue weighted by Gasteiger charge is 2.11. The standard InChI is InChI=1S/C18H14BrN3O4/c19-13-3-6-15-12(7-13)8-16(26-15)18(24)22-21-9-11-1-4-14(5-2-11)25-10-17(20)23/h1-9H,10H2,(H2,20,23)(H,22,24)/b21-9+. The van der Waals surface area contributed by atoms with E-state index in [4.69, 9.17) is 14.9 Å². The van der Waals surface area contributed by atoms with Gasteiger partial charge in [-0.1, -0.05) is 15.9 Å². The van der Waals surface area contributed by atoms with E-state index < -0.39 is 11.8 Å². The van der Waals surface area contributed by atoms with E-state index in [-0.39, 0.29) is 12.4 Å². The van der Waals surface area contributed by atoms with Crippen molar-refractivity contribution in [3.63, 3.8) is 0 Å². The Hall–Kier alpha value is -3.13. The average molecular weight is 416 g/mol. The molecule has 0 aliphatic heterocycles. The maximum atomic E-state index is 12.1. The van der Waals surface area contributed by atoms with Crippen LogP contribution < -0.4 is 15.9 Å². The Kier molecular flexibility index (Phi) is 5.33. The minimum atomic E-state index is -0.545. The largest absolute Gasteiger partial charge is 0.484 e. The molecule has 3 N–H and O–H groups in total. The van der Waals surface area contributed by atoms with Gasteiger partial charge in [0, 0.05) is 9.86 Å². The summed E-state index contributed by atoms with van der Waals surface area (Å²) >= 11 is 3.37. The number of benzene rings is 2. The maximum absolute atomic E-state index is 12.1. The van der Waals surface area contributed by atoms with E-state index in [1.54, 1.807) is 36.4 Å². The van der Waals surface area contributed by atoms with Crippen LogP contribution in [0.15, 0.2) is 62.5 Å². The quantitative estimate of drug-likeness (QED) is 0.476. The number of ether oxygens (including phenoxy) is 1. The van der Waals surface area contributed by atoms with Crippen LogP contribution in [0.25, 0.3) is 11.0 Å². The molecule has 0 spiro atoms. The van der Waals surface area contributed by atoms with Gasteiger partial charge in [0.2, 0.25) is 0 Å². The van der Waals surface area contributed by atoms with Crippen molar-refractivity contribution >= 4 is 44.9 Å². The summed E-state index contributed by atoms with van der Waals surface area (Å²) in [7, 11) is 0. The van der Waals surface area contributed by atoms with Crippen LogP contribution in [0.3, 0.4) is 0 Å². The van der Waals surface area contributed by atoms with E-state index in [1.165, 1.54) is 6.21 Å². The summed E-state index contributed by atoms with van der Waals surface area (Å²) in [6.45, 7) is -0.183. The summed E-state index contributed by atoms with van der Waals surface area (Å²) in [5.41, 5.74) is 8.78. The van der Waals surface area contributed by atoms with Crippen LogP contribution in [0.5, 0.6) is 5.75 Å². The molecule has 2 amide bonds. The summed E-state index contributed by atoms with van der Waals surface area (Å²) in [6.07, 6.45) is 1.48. The Morgan fingerprint density at radius 3 is 2.69 bits per heavy atom. The van der Waals surface area contributed by atoms with E-state index in [0.29, 0.717) is 11.3 Å². The number of carbonyl (C=O) groups is 2. The topological polar surface area (TPSA) is 107 Å². The number of hydrogen-bond donors (Lipinski definition) is 2. The van der Waals surface area contributed by atoms with Gasteiger partial charge in [-0.05, 0) is 54.1 Å². The Bertz CT molecular complexity index is 980. The second kappa shape index (κ2) is 7.83. The van der Waals surface area contributed by atoms with Crippen molar-refractivity contribution in [2.45, 2.75) is 0 Å². The normalized spacial score (nSPS) is 11.0. The minimum Gasteiger partial charge on any atom is -0.484 e. The van der Waals surface area contributed by atoms with Gasteiger partial charge in [0.25, 0.3) is 5.91 Å². The Labute approximate surface area is 156 Å². The lowest BCUT2D eigenvalue weighted by Crippen LogP contribution is -2.20. The van der Waals surface area contributed by atoms with Crippen LogP contribution in [-0.4, -0.2) is 24.6 Å². The summed E-state index contributed by atoms with van der Waals surface area (Å²) < 4.78 is 11.5. The van der Waals surface area contributed by atoms with Gasteiger partial charge in [0.15, 0.2) is 12.4 Å². The van der Waals surface area contributed by atoms with Crippen LogP contribution in [0.1, 0.15) is 16.1 Å². The van der Waals surface area contributed by atoms with Crippen molar-refractivity contribution in [1.29, 1.82) is 0 Å². The van der Waals surface area contributed by atoms with Gasteiger partial charge in [0.05, 0.1) is 6.21 Å². The predicted octanol–water partition coefficient (Wildman–Crippen LogP) is 2.82. The SMILES string of the molecule is NC(=O)COc1ccc(/C=N/NC(=O)c2cc3cc(Br)ccc3o2)cc1. The highest BCUT2D eigenvalue weighted by Crippen LogP contribution is 2.23. The first-order valence-electron chi connectivity index (χ1n) is 7.55. The zero-order valence-electron chi connectivity index (χ0n) is 13.4. The molecule has 0 saturated carbocycles. The second-order valence-electron chi connectivity index (χ2n) is 5.32. The Morgan fingerprint density at radius 1 is 1.19 bits per heavy atom. The molecule has 8 heteroatoms. The van der Waals surface area contributed by atoms with Gasteiger partial charge in [-0.2, -0.15) is 5.10 Å². The maximum Gasteiger partial charge on any atom is 0.307 e. The monoisotopic (exact) mass is 415 g/mol. The number of halogens is 1. The van der Waals surface area contributed by atoms with Crippen LogP contribution in [0.4, 0.5) is 0 Å². The Balaban J connectivity index is 1.60. The van der Waals surface area contributed by atoms with Gasteiger partial charge in [-0.25, -0.2) is 5.43 Å². The number of nitrogens with one attached hydrogen (secondary N) is 1. The lowest BCUT2D eigenvalue weighted by atomic mass is 10.2. The number of primary amides is 1. The number of nitrogens with zero attached hydrogens (tertiary/aromatic N) is 1. The van der Waals surface area contributed by atoms with E-state index in [9.17, 15) is 9.59 Å². The second-order valence-corrected chi connectivity index (χ2v) is 6.23. The molecule has 1 aromatic heterocycles. The molecule has 1 heterocycles. The molecule has 26 heavy (non-hydrogen) atoms. The fraction of sp³-hybridized carbons (Fsp3) is 0.0556. The number of nitrogens with two attached hydrogens (primary N) is 1. The fourth-order valence-corrected chi connectivity index (χ4v) is 2.53. The number of rotatable bonds is 6. The van der Waals surface area contributed by atoms with E-state index >= 15 is 0 Å². The lowest BCUT2D eigenvalue weighted by molar-refractivity contribution is -0.119. The van der Waals surface area contributed by atoms with Crippen molar-refractivity contribution in [2.24, 2.45) is 10.8 Å². The van der Waals surface area contributed by atoms with Crippen LogP contribution >= 0.6 is 15.9 Å². The number of amides is 2. The Morgan fingerprint density at radius 2 is 1.96 bits per heavy atom. The molecule has 3 aromatic rings. The van der Waals surface area contributed by atoms with Crippen molar-refractivity contribution in [1.82, 2.24) is 5.43 Å². The number of furan rings is 1. The molecule has 0 fully saturated rings. The number of hydrazone groups is 1. The number of hydrogen-bond acceptors (Lipinski definition) is 5. The molecule has 0 aliphatic carbocycles.